The average molecular weight is 331 g/mol. The molecule has 0 N–H and O–H groups in total. The van der Waals surface area contributed by atoms with Gasteiger partial charge in [-0.15, -0.1) is 0 Å². The maximum absolute atomic E-state index is 12.2. The lowest BCUT2D eigenvalue weighted by Gasteiger charge is -2.08. The van der Waals surface area contributed by atoms with Crippen molar-refractivity contribution in [2.75, 3.05) is 6.79 Å². The van der Waals surface area contributed by atoms with E-state index in [-0.39, 0.29) is 13.4 Å². The summed E-state index contributed by atoms with van der Waals surface area (Å²) in [7, 11) is 0. The van der Waals surface area contributed by atoms with Crippen molar-refractivity contribution < 1.29 is 19.0 Å². The van der Waals surface area contributed by atoms with Crippen LogP contribution in [-0.2, 0) is 11.3 Å². The van der Waals surface area contributed by atoms with Crippen LogP contribution in [0.4, 0.5) is 0 Å². The van der Waals surface area contributed by atoms with Crippen molar-refractivity contribution in [2.45, 2.75) is 6.61 Å². The third-order valence-electron chi connectivity index (χ3n) is 3.54. The summed E-state index contributed by atoms with van der Waals surface area (Å²) in [6.45, 7) is 0.218. The number of aromatic nitrogens is 2. The van der Waals surface area contributed by atoms with E-state index < -0.39 is 5.97 Å². The first-order valence-corrected chi connectivity index (χ1v) is 7.25. The summed E-state index contributed by atoms with van der Waals surface area (Å²) < 4.78 is 17.6. The molecule has 0 saturated carbocycles. The Morgan fingerprint density at radius 2 is 2.13 bits per heavy atom. The monoisotopic (exact) mass is 330 g/mol. The molecule has 23 heavy (non-hydrogen) atoms. The van der Waals surface area contributed by atoms with Gasteiger partial charge in [-0.3, -0.25) is 0 Å². The van der Waals surface area contributed by atoms with Crippen LogP contribution in [0.15, 0.2) is 43.0 Å². The van der Waals surface area contributed by atoms with Gasteiger partial charge in [0.2, 0.25) is 6.79 Å². The molecule has 3 heterocycles. The van der Waals surface area contributed by atoms with Crippen molar-refractivity contribution in [1.82, 2.24) is 9.38 Å². The predicted octanol–water partition coefficient (Wildman–Crippen LogP) is 3.07. The van der Waals surface area contributed by atoms with Crippen LogP contribution in [0.3, 0.4) is 0 Å². The molecule has 6 nitrogen and oxygen atoms in total. The Hall–Kier alpha value is -2.73. The molecule has 0 saturated heterocycles. The number of carbonyl (C=O) groups is 1. The zero-order valence-electron chi connectivity index (χ0n) is 11.9. The Morgan fingerprint density at radius 3 is 3.00 bits per heavy atom. The van der Waals surface area contributed by atoms with Gasteiger partial charge < -0.3 is 18.6 Å². The van der Waals surface area contributed by atoms with E-state index in [1.54, 1.807) is 47.4 Å². The molecular formula is C16H11ClN2O4. The van der Waals surface area contributed by atoms with Gasteiger partial charge in [0.15, 0.2) is 11.5 Å². The number of ether oxygens (including phenoxy) is 3. The first-order valence-electron chi connectivity index (χ1n) is 6.87. The minimum Gasteiger partial charge on any atom is -0.457 e. The minimum atomic E-state index is -0.436. The second-order valence-corrected chi connectivity index (χ2v) is 5.42. The van der Waals surface area contributed by atoms with Crippen LogP contribution >= 0.6 is 11.6 Å². The smallest absolute Gasteiger partial charge is 0.339 e. The van der Waals surface area contributed by atoms with Gasteiger partial charge in [0, 0.05) is 17.8 Å². The fourth-order valence-corrected chi connectivity index (χ4v) is 2.55. The third-order valence-corrected chi connectivity index (χ3v) is 3.90. The van der Waals surface area contributed by atoms with E-state index in [1.165, 1.54) is 0 Å². The van der Waals surface area contributed by atoms with Crippen LogP contribution in [0.25, 0.3) is 5.52 Å². The van der Waals surface area contributed by atoms with E-state index in [2.05, 4.69) is 4.98 Å². The SMILES string of the molecule is O=C(OCc1cc2c(cc1Cl)OCO2)c1ccc2cncn2c1. The van der Waals surface area contributed by atoms with E-state index in [9.17, 15) is 4.79 Å². The lowest BCUT2D eigenvalue weighted by Crippen LogP contribution is -2.06. The summed E-state index contributed by atoms with van der Waals surface area (Å²) >= 11 is 6.16. The van der Waals surface area contributed by atoms with Gasteiger partial charge in [-0.25, -0.2) is 9.78 Å². The number of esters is 1. The van der Waals surface area contributed by atoms with Gasteiger partial charge in [0.1, 0.15) is 6.61 Å². The molecule has 0 aliphatic carbocycles. The molecule has 116 valence electrons. The molecule has 2 aromatic heterocycles. The molecular weight excluding hydrogens is 320 g/mol. The summed E-state index contributed by atoms with van der Waals surface area (Å²) in [5, 5.41) is 0.465. The number of carbonyl (C=O) groups excluding carboxylic acids is 1. The molecule has 0 amide bonds. The van der Waals surface area contributed by atoms with Crippen molar-refractivity contribution >= 4 is 23.1 Å². The molecule has 0 bridgehead atoms. The largest absolute Gasteiger partial charge is 0.457 e. The predicted molar refractivity (Wildman–Crippen MR) is 81.9 cm³/mol. The molecule has 0 spiro atoms. The molecule has 0 fully saturated rings. The Kier molecular flexibility index (Phi) is 3.31. The number of imidazole rings is 1. The van der Waals surface area contributed by atoms with Crippen LogP contribution in [0, 0.1) is 0 Å². The maximum Gasteiger partial charge on any atom is 0.339 e. The maximum atomic E-state index is 12.2. The number of halogens is 1. The van der Waals surface area contributed by atoms with Crippen molar-refractivity contribution in [1.29, 1.82) is 0 Å². The summed E-state index contributed by atoms with van der Waals surface area (Å²) in [6.07, 6.45) is 5.01. The van der Waals surface area contributed by atoms with Gasteiger partial charge in [-0.1, -0.05) is 11.6 Å². The van der Waals surface area contributed by atoms with Gasteiger partial charge in [-0.2, -0.15) is 0 Å². The number of rotatable bonds is 3. The first kappa shape index (κ1) is 13.9. The van der Waals surface area contributed by atoms with Gasteiger partial charge in [0.25, 0.3) is 0 Å². The number of nitrogens with zero attached hydrogens (tertiary/aromatic N) is 2. The summed E-state index contributed by atoms with van der Waals surface area (Å²) in [4.78, 5) is 16.2. The molecule has 4 rings (SSSR count). The van der Waals surface area contributed by atoms with Gasteiger partial charge in [-0.05, 0) is 18.2 Å². The van der Waals surface area contributed by atoms with E-state index in [1.807, 2.05) is 0 Å². The Morgan fingerprint density at radius 1 is 1.30 bits per heavy atom. The van der Waals surface area contributed by atoms with E-state index in [0.717, 1.165) is 5.52 Å². The third kappa shape index (κ3) is 2.57. The highest BCUT2D eigenvalue weighted by Gasteiger charge is 2.17. The topological polar surface area (TPSA) is 62.1 Å². The van der Waals surface area contributed by atoms with E-state index in [0.29, 0.717) is 27.6 Å². The lowest BCUT2D eigenvalue weighted by atomic mass is 10.2. The number of hydrogen-bond donors (Lipinski definition) is 0. The summed E-state index contributed by atoms with van der Waals surface area (Å²) in [5.41, 5.74) is 2.00. The van der Waals surface area contributed by atoms with Crippen LogP contribution in [0.1, 0.15) is 15.9 Å². The van der Waals surface area contributed by atoms with Crippen molar-refractivity contribution in [3.63, 3.8) is 0 Å². The zero-order valence-corrected chi connectivity index (χ0v) is 12.6. The van der Waals surface area contributed by atoms with E-state index in [4.69, 9.17) is 25.8 Å². The fraction of sp³-hybridized carbons (Fsp3) is 0.125. The second kappa shape index (κ2) is 5.48. The Labute approximate surface area is 136 Å². The quantitative estimate of drug-likeness (QED) is 0.691. The van der Waals surface area contributed by atoms with Crippen LogP contribution < -0.4 is 9.47 Å². The minimum absolute atomic E-state index is 0.0519. The van der Waals surface area contributed by atoms with Crippen LogP contribution in [0.5, 0.6) is 11.5 Å². The molecule has 0 atom stereocenters. The molecule has 0 radical (unpaired) electrons. The van der Waals surface area contributed by atoms with Crippen LogP contribution in [0.2, 0.25) is 5.02 Å². The molecule has 7 heteroatoms. The molecule has 3 aromatic rings. The number of pyridine rings is 1. The molecule has 1 aliphatic heterocycles. The van der Waals surface area contributed by atoms with Crippen LogP contribution in [-0.4, -0.2) is 22.1 Å². The standard InChI is InChI=1S/C16H11ClN2O4/c17-13-4-15-14(22-9-23-15)3-11(13)7-21-16(20)10-1-2-12-5-18-8-19(12)6-10/h1-6,8H,7,9H2. The van der Waals surface area contributed by atoms with Crippen molar-refractivity contribution in [2.24, 2.45) is 0 Å². The highest BCUT2D eigenvalue weighted by atomic mass is 35.5. The van der Waals surface area contributed by atoms with E-state index >= 15 is 0 Å². The van der Waals surface area contributed by atoms with Gasteiger partial charge >= 0.3 is 5.97 Å². The lowest BCUT2D eigenvalue weighted by molar-refractivity contribution is 0.0472. The molecule has 1 aromatic carbocycles. The highest BCUT2D eigenvalue weighted by Crippen LogP contribution is 2.37. The zero-order chi connectivity index (χ0) is 15.8. The Balaban J connectivity index is 1.51. The number of benzene rings is 1. The second-order valence-electron chi connectivity index (χ2n) is 5.02. The summed E-state index contributed by atoms with van der Waals surface area (Å²) in [5.74, 6) is 0.755. The normalized spacial score (nSPS) is 12.6. The Bertz CT molecular complexity index is 906. The number of fused-ring (bicyclic) bond motifs is 2. The summed E-state index contributed by atoms with van der Waals surface area (Å²) in [6, 6.07) is 6.87. The molecule has 0 unspecified atom stereocenters. The number of hydrogen-bond acceptors (Lipinski definition) is 5. The highest BCUT2D eigenvalue weighted by molar-refractivity contribution is 6.31. The fourth-order valence-electron chi connectivity index (χ4n) is 2.34. The first-order chi connectivity index (χ1) is 11.2. The van der Waals surface area contributed by atoms with Crippen molar-refractivity contribution in [3.8, 4) is 11.5 Å². The molecule has 1 aliphatic rings. The van der Waals surface area contributed by atoms with Crippen molar-refractivity contribution in [3.05, 3.63) is 59.1 Å². The van der Waals surface area contributed by atoms with Gasteiger partial charge in [0.05, 0.1) is 28.6 Å². The average Bonchev–Trinajstić information content (AvgIpc) is 3.19.